The van der Waals surface area contributed by atoms with E-state index < -0.39 is 12.0 Å². The number of aliphatic carboxylic acids is 1. The summed E-state index contributed by atoms with van der Waals surface area (Å²) >= 11 is 0. The van der Waals surface area contributed by atoms with Crippen molar-refractivity contribution in [1.82, 2.24) is 10.2 Å². The summed E-state index contributed by atoms with van der Waals surface area (Å²) in [6.07, 6.45) is 0. The second kappa shape index (κ2) is 6.73. The molecule has 1 heterocycles. The molecule has 6 nitrogen and oxygen atoms in total. The lowest BCUT2D eigenvalue weighted by atomic mass is 10.3. The summed E-state index contributed by atoms with van der Waals surface area (Å²) in [5.41, 5.74) is 0. The molecule has 0 aromatic heterocycles. The molecular formula is C9H18N2O4. The second-order valence-electron chi connectivity index (χ2n) is 3.48. The number of ether oxygens (including phenoxy) is 1. The minimum Gasteiger partial charge on any atom is -0.480 e. The van der Waals surface area contributed by atoms with Gasteiger partial charge in [0.2, 0.25) is 0 Å². The van der Waals surface area contributed by atoms with Crippen LogP contribution in [0.5, 0.6) is 0 Å². The number of aliphatic hydroxyl groups excluding tert-OH is 1. The zero-order valence-electron chi connectivity index (χ0n) is 8.69. The SMILES string of the molecule is O=C(O)[C@H](CO)NCCN1CCOCC1. The highest BCUT2D eigenvalue weighted by atomic mass is 16.5. The van der Waals surface area contributed by atoms with Crippen LogP contribution in [0.15, 0.2) is 0 Å². The molecular weight excluding hydrogens is 200 g/mol. The summed E-state index contributed by atoms with van der Waals surface area (Å²) in [6, 6.07) is -0.856. The van der Waals surface area contributed by atoms with Crippen LogP contribution in [0.3, 0.4) is 0 Å². The van der Waals surface area contributed by atoms with E-state index in [0.717, 1.165) is 32.8 Å². The molecule has 1 saturated heterocycles. The van der Waals surface area contributed by atoms with Gasteiger partial charge in [-0.05, 0) is 0 Å². The molecule has 1 atom stereocenters. The van der Waals surface area contributed by atoms with Gasteiger partial charge in [0.25, 0.3) is 0 Å². The van der Waals surface area contributed by atoms with Crippen LogP contribution in [-0.4, -0.2) is 73.1 Å². The minimum atomic E-state index is -1.01. The van der Waals surface area contributed by atoms with Crippen LogP contribution in [0.2, 0.25) is 0 Å². The topological polar surface area (TPSA) is 82.0 Å². The Hall–Kier alpha value is -0.690. The largest absolute Gasteiger partial charge is 0.480 e. The smallest absolute Gasteiger partial charge is 0.323 e. The van der Waals surface area contributed by atoms with Crippen LogP contribution in [-0.2, 0) is 9.53 Å². The van der Waals surface area contributed by atoms with Gasteiger partial charge < -0.3 is 20.3 Å². The Balaban J connectivity index is 2.11. The number of carboxylic acids is 1. The Morgan fingerprint density at radius 1 is 1.47 bits per heavy atom. The number of rotatable bonds is 6. The number of nitrogens with one attached hydrogen (secondary N) is 1. The molecule has 88 valence electrons. The van der Waals surface area contributed by atoms with Crippen LogP contribution >= 0.6 is 0 Å². The molecule has 0 spiro atoms. The zero-order valence-corrected chi connectivity index (χ0v) is 8.69. The normalized spacial score (nSPS) is 20.1. The Morgan fingerprint density at radius 3 is 2.67 bits per heavy atom. The Morgan fingerprint density at radius 2 is 2.13 bits per heavy atom. The van der Waals surface area contributed by atoms with Crippen molar-refractivity contribution in [2.75, 3.05) is 46.0 Å². The van der Waals surface area contributed by atoms with Crippen LogP contribution in [0.4, 0.5) is 0 Å². The van der Waals surface area contributed by atoms with E-state index in [-0.39, 0.29) is 6.61 Å². The molecule has 0 amide bonds. The fourth-order valence-corrected chi connectivity index (χ4v) is 1.45. The van der Waals surface area contributed by atoms with Crippen LogP contribution in [0.25, 0.3) is 0 Å². The van der Waals surface area contributed by atoms with Crippen LogP contribution < -0.4 is 5.32 Å². The highest BCUT2D eigenvalue weighted by Crippen LogP contribution is 1.95. The zero-order chi connectivity index (χ0) is 11.1. The summed E-state index contributed by atoms with van der Waals surface area (Å²) in [6.45, 7) is 4.23. The number of carbonyl (C=O) groups is 1. The third-order valence-corrected chi connectivity index (χ3v) is 2.40. The van der Waals surface area contributed by atoms with Crippen molar-refractivity contribution < 1.29 is 19.7 Å². The van der Waals surface area contributed by atoms with E-state index in [2.05, 4.69) is 10.2 Å². The van der Waals surface area contributed by atoms with E-state index in [9.17, 15) is 4.79 Å². The molecule has 1 aliphatic heterocycles. The first-order valence-corrected chi connectivity index (χ1v) is 5.11. The third-order valence-electron chi connectivity index (χ3n) is 2.40. The van der Waals surface area contributed by atoms with E-state index >= 15 is 0 Å². The maximum Gasteiger partial charge on any atom is 0.323 e. The van der Waals surface area contributed by atoms with E-state index in [1.54, 1.807) is 0 Å². The average molecular weight is 218 g/mol. The fraction of sp³-hybridized carbons (Fsp3) is 0.889. The van der Waals surface area contributed by atoms with Crippen molar-refractivity contribution in [3.63, 3.8) is 0 Å². The third kappa shape index (κ3) is 4.57. The Kier molecular flexibility index (Phi) is 5.56. The molecule has 0 aromatic carbocycles. The predicted molar refractivity (Wildman–Crippen MR) is 53.8 cm³/mol. The van der Waals surface area contributed by atoms with Crippen molar-refractivity contribution in [3.05, 3.63) is 0 Å². The number of morpholine rings is 1. The first-order chi connectivity index (χ1) is 7.24. The van der Waals surface area contributed by atoms with Gasteiger partial charge in [-0.25, -0.2) is 0 Å². The fourth-order valence-electron chi connectivity index (χ4n) is 1.45. The maximum absolute atomic E-state index is 10.6. The molecule has 0 aromatic rings. The molecule has 0 saturated carbocycles. The van der Waals surface area contributed by atoms with Gasteiger partial charge in [0.05, 0.1) is 19.8 Å². The molecule has 6 heteroatoms. The highest BCUT2D eigenvalue weighted by molar-refractivity contribution is 5.73. The molecule has 1 aliphatic rings. The first kappa shape index (κ1) is 12.4. The molecule has 0 radical (unpaired) electrons. The van der Waals surface area contributed by atoms with Gasteiger partial charge in [-0.1, -0.05) is 0 Å². The highest BCUT2D eigenvalue weighted by Gasteiger charge is 2.16. The summed E-state index contributed by atoms with van der Waals surface area (Å²) in [7, 11) is 0. The van der Waals surface area contributed by atoms with Gasteiger partial charge in [0.15, 0.2) is 0 Å². The molecule has 0 aliphatic carbocycles. The summed E-state index contributed by atoms with van der Waals surface area (Å²) < 4.78 is 5.19. The van der Waals surface area contributed by atoms with Crippen molar-refractivity contribution in [2.24, 2.45) is 0 Å². The lowest BCUT2D eigenvalue weighted by Crippen LogP contribution is -2.45. The molecule has 0 unspecified atom stereocenters. The van der Waals surface area contributed by atoms with Crippen LogP contribution in [0.1, 0.15) is 0 Å². The first-order valence-electron chi connectivity index (χ1n) is 5.11. The minimum absolute atomic E-state index is 0.377. The summed E-state index contributed by atoms with van der Waals surface area (Å²) in [4.78, 5) is 12.8. The van der Waals surface area contributed by atoms with Gasteiger partial charge in [-0.2, -0.15) is 0 Å². The van der Waals surface area contributed by atoms with Gasteiger partial charge in [0.1, 0.15) is 6.04 Å². The lowest BCUT2D eigenvalue weighted by Gasteiger charge is -2.27. The molecule has 1 rings (SSSR count). The van der Waals surface area contributed by atoms with Crippen molar-refractivity contribution in [1.29, 1.82) is 0 Å². The summed E-state index contributed by atoms with van der Waals surface area (Å²) in [5, 5.41) is 20.2. The van der Waals surface area contributed by atoms with Crippen molar-refractivity contribution in [3.8, 4) is 0 Å². The van der Waals surface area contributed by atoms with Crippen molar-refractivity contribution >= 4 is 5.97 Å². The Labute approximate surface area is 88.8 Å². The summed E-state index contributed by atoms with van der Waals surface area (Å²) in [5.74, 6) is -1.01. The molecule has 1 fully saturated rings. The number of carboxylic acid groups (broad SMARTS) is 1. The van der Waals surface area contributed by atoms with Crippen LogP contribution in [0, 0.1) is 0 Å². The second-order valence-corrected chi connectivity index (χ2v) is 3.48. The van der Waals surface area contributed by atoms with Gasteiger partial charge in [-0.15, -0.1) is 0 Å². The van der Waals surface area contributed by atoms with Crippen molar-refractivity contribution in [2.45, 2.75) is 6.04 Å². The quantitative estimate of drug-likeness (QED) is 0.496. The van der Waals surface area contributed by atoms with Gasteiger partial charge in [-0.3, -0.25) is 9.69 Å². The number of hydrogen-bond acceptors (Lipinski definition) is 5. The van der Waals surface area contributed by atoms with E-state index in [4.69, 9.17) is 14.9 Å². The van der Waals surface area contributed by atoms with E-state index in [1.165, 1.54) is 0 Å². The Bertz CT molecular complexity index is 195. The number of aliphatic hydroxyl groups is 1. The van der Waals surface area contributed by atoms with Gasteiger partial charge >= 0.3 is 5.97 Å². The average Bonchev–Trinajstić information content (AvgIpc) is 2.25. The molecule has 15 heavy (non-hydrogen) atoms. The predicted octanol–water partition coefficient (Wildman–Crippen LogP) is -1.65. The van der Waals surface area contributed by atoms with E-state index in [0.29, 0.717) is 6.54 Å². The lowest BCUT2D eigenvalue weighted by molar-refractivity contribution is -0.140. The molecule has 3 N–H and O–H groups in total. The monoisotopic (exact) mass is 218 g/mol. The van der Waals surface area contributed by atoms with E-state index in [1.807, 2.05) is 0 Å². The standard InChI is InChI=1S/C9H18N2O4/c12-7-8(9(13)14)10-1-2-11-3-5-15-6-4-11/h8,10,12H,1-7H2,(H,13,14)/t8-/m0/s1. The number of hydrogen-bond donors (Lipinski definition) is 3. The maximum atomic E-state index is 10.6. The molecule has 0 bridgehead atoms. The number of nitrogens with zero attached hydrogens (tertiary/aromatic N) is 1. The van der Waals surface area contributed by atoms with Gasteiger partial charge in [0, 0.05) is 26.2 Å².